The van der Waals surface area contributed by atoms with Crippen molar-refractivity contribution in [1.29, 1.82) is 0 Å². The topological polar surface area (TPSA) is 122 Å². The summed E-state index contributed by atoms with van der Waals surface area (Å²) in [6.07, 6.45) is -0.0291. The van der Waals surface area contributed by atoms with E-state index in [0.29, 0.717) is 0 Å². The first-order valence-electron chi connectivity index (χ1n) is 7.74. The molecule has 0 fully saturated rings. The fourth-order valence-corrected chi connectivity index (χ4v) is 2.20. The van der Waals surface area contributed by atoms with E-state index in [0.717, 1.165) is 5.56 Å². The van der Waals surface area contributed by atoms with Gasteiger partial charge in [-0.15, -0.1) is 0 Å². The number of amides is 2. The summed E-state index contributed by atoms with van der Waals surface area (Å²) in [6.45, 7) is 1.28. The molecule has 0 heterocycles. The number of hydrogen-bond acceptors (Lipinski definition) is 5. The maximum absolute atomic E-state index is 12.4. The first-order valence-corrected chi connectivity index (χ1v) is 7.74. The number of carboxylic acids is 1. The quantitative estimate of drug-likeness (QED) is 0.549. The van der Waals surface area contributed by atoms with Gasteiger partial charge < -0.3 is 20.5 Å². The van der Waals surface area contributed by atoms with Gasteiger partial charge in [-0.05, 0) is 12.0 Å². The number of esters is 1. The van der Waals surface area contributed by atoms with E-state index in [-0.39, 0.29) is 19.3 Å². The molecule has 0 aliphatic rings. The number of benzene rings is 1. The maximum Gasteiger partial charge on any atom is 0.326 e. The van der Waals surface area contributed by atoms with Crippen molar-refractivity contribution in [2.24, 2.45) is 0 Å². The molecule has 2 amide bonds. The molecular weight excluding hydrogens is 328 g/mol. The second-order valence-corrected chi connectivity index (χ2v) is 5.46. The molecular formula is C17H22N2O6. The number of hydrogen-bond donors (Lipinski definition) is 3. The zero-order chi connectivity index (χ0) is 18.8. The third kappa shape index (κ3) is 7.47. The van der Waals surface area contributed by atoms with Crippen LogP contribution in [0, 0.1) is 0 Å². The summed E-state index contributed by atoms with van der Waals surface area (Å²) in [5.41, 5.74) is 0.817. The molecule has 8 heteroatoms. The summed E-state index contributed by atoms with van der Waals surface area (Å²) in [6, 6.07) is 6.86. The van der Waals surface area contributed by atoms with E-state index in [9.17, 15) is 24.3 Å². The minimum absolute atomic E-state index is 0.105. The zero-order valence-electron chi connectivity index (χ0n) is 14.2. The van der Waals surface area contributed by atoms with E-state index >= 15 is 0 Å². The highest BCUT2D eigenvalue weighted by Gasteiger charge is 2.26. The minimum atomic E-state index is -1.27. The molecule has 8 nitrogen and oxygen atoms in total. The van der Waals surface area contributed by atoms with E-state index in [1.807, 2.05) is 6.07 Å². The SMILES string of the molecule is COC(=O)CC[C@@H](NC(=O)[C@H](Cc1ccccc1)NC(C)=O)C(=O)O. The molecule has 1 rings (SSSR count). The molecule has 0 aromatic heterocycles. The second-order valence-electron chi connectivity index (χ2n) is 5.46. The van der Waals surface area contributed by atoms with Gasteiger partial charge in [0.1, 0.15) is 12.1 Å². The van der Waals surface area contributed by atoms with Crippen LogP contribution in [0.4, 0.5) is 0 Å². The number of carbonyl (C=O) groups excluding carboxylic acids is 3. The Balaban J connectivity index is 2.78. The number of rotatable bonds is 9. The van der Waals surface area contributed by atoms with Crippen LogP contribution in [-0.2, 0) is 30.3 Å². The van der Waals surface area contributed by atoms with Gasteiger partial charge in [0.05, 0.1) is 7.11 Å². The Morgan fingerprint density at radius 1 is 1.08 bits per heavy atom. The summed E-state index contributed by atoms with van der Waals surface area (Å²) in [5, 5.41) is 14.1. The Bertz CT molecular complexity index is 617. The van der Waals surface area contributed by atoms with Crippen LogP contribution in [0.3, 0.4) is 0 Å². The van der Waals surface area contributed by atoms with Gasteiger partial charge in [-0.2, -0.15) is 0 Å². The first kappa shape index (κ1) is 20.1. The maximum atomic E-state index is 12.4. The standard InChI is InChI=1S/C17H22N2O6/c1-11(20)18-14(10-12-6-4-3-5-7-12)16(22)19-13(17(23)24)8-9-15(21)25-2/h3-7,13-14H,8-10H2,1-2H3,(H,18,20)(H,19,22)(H,23,24)/t13-,14+/m1/s1. The highest BCUT2D eigenvalue weighted by molar-refractivity contribution is 5.90. The van der Waals surface area contributed by atoms with Crippen molar-refractivity contribution in [3.63, 3.8) is 0 Å². The van der Waals surface area contributed by atoms with Crippen LogP contribution in [0.25, 0.3) is 0 Å². The number of ether oxygens (including phenoxy) is 1. The van der Waals surface area contributed by atoms with Gasteiger partial charge in [0.15, 0.2) is 0 Å². The average molecular weight is 350 g/mol. The van der Waals surface area contributed by atoms with E-state index in [2.05, 4.69) is 15.4 Å². The van der Waals surface area contributed by atoms with Crippen molar-refractivity contribution in [3.8, 4) is 0 Å². The molecule has 25 heavy (non-hydrogen) atoms. The normalized spacial score (nSPS) is 12.6. The Labute approximate surface area is 145 Å². The lowest BCUT2D eigenvalue weighted by Gasteiger charge is -2.21. The second kappa shape index (κ2) is 10.1. The van der Waals surface area contributed by atoms with Gasteiger partial charge in [-0.3, -0.25) is 14.4 Å². The lowest BCUT2D eigenvalue weighted by Crippen LogP contribution is -2.52. The number of carbonyl (C=O) groups is 4. The molecule has 136 valence electrons. The Hall–Kier alpha value is -2.90. The monoisotopic (exact) mass is 350 g/mol. The van der Waals surface area contributed by atoms with Crippen LogP contribution >= 0.6 is 0 Å². The van der Waals surface area contributed by atoms with E-state index in [1.54, 1.807) is 24.3 Å². The molecule has 1 aromatic rings. The Kier molecular flexibility index (Phi) is 8.11. The zero-order valence-corrected chi connectivity index (χ0v) is 14.2. The molecule has 0 aliphatic heterocycles. The predicted octanol–water partition coefficient (Wildman–Crippen LogP) is 0.256. The van der Waals surface area contributed by atoms with E-state index < -0.39 is 35.8 Å². The summed E-state index contributed by atoms with van der Waals surface area (Å²) >= 11 is 0. The van der Waals surface area contributed by atoms with Gasteiger partial charge in [-0.25, -0.2) is 4.79 Å². The molecule has 2 atom stereocenters. The van der Waals surface area contributed by atoms with Crippen LogP contribution in [0.5, 0.6) is 0 Å². The summed E-state index contributed by atoms with van der Waals surface area (Å²) in [5.74, 6) is -2.87. The molecule has 1 aromatic carbocycles. The lowest BCUT2D eigenvalue weighted by atomic mass is 10.0. The fraction of sp³-hybridized carbons (Fsp3) is 0.412. The highest BCUT2D eigenvalue weighted by Crippen LogP contribution is 2.06. The number of nitrogens with one attached hydrogen (secondary N) is 2. The van der Waals surface area contributed by atoms with Crippen LogP contribution < -0.4 is 10.6 Å². The summed E-state index contributed by atoms with van der Waals surface area (Å²) in [7, 11) is 1.20. The third-order valence-electron chi connectivity index (χ3n) is 3.46. The molecule has 0 radical (unpaired) electrons. The number of aliphatic carboxylic acids is 1. The van der Waals surface area contributed by atoms with Crippen molar-refractivity contribution in [1.82, 2.24) is 10.6 Å². The van der Waals surface area contributed by atoms with Crippen molar-refractivity contribution in [2.45, 2.75) is 38.3 Å². The van der Waals surface area contributed by atoms with Gasteiger partial charge in [0.25, 0.3) is 0 Å². The van der Waals surface area contributed by atoms with Gasteiger partial charge in [-0.1, -0.05) is 30.3 Å². The lowest BCUT2D eigenvalue weighted by molar-refractivity contribution is -0.144. The van der Waals surface area contributed by atoms with Crippen LogP contribution in [0.2, 0.25) is 0 Å². The first-order chi connectivity index (χ1) is 11.8. The largest absolute Gasteiger partial charge is 0.480 e. The molecule has 0 saturated carbocycles. The van der Waals surface area contributed by atoms with E-state index in [4.69, 9.17) is 0 Å². The molecule has 0 unspecified atom stereocenters. The van der Waals surface area contributed by atoms with Crippen LogP contribution in [0.1, 0.15) is 25.3 Å². The van der Waals surface area contributed by atoms with Gasteiger partial charge in [0.2, 0.25) is 11.8 Å². The molecule has 0 bridgehead atoms. The molecule has 0 spiro atoms. The predicted molar refractivity (Wildman–Crippen MR) is 88.6 cm³/mol. The summed E-state index contributed by atoms with van der Waals surface area (Å²) in [4.78, 5) is 46.2. The Morgan fingerprint density at radius 2 is 1.72 bits per heavy atom. The van der Waals surface area contributed by atoms with Crippen molar-refractivity contribution in [3.05, 3.63) is 35.9 Å². The number of carboxylic acid groups (broad SMARTS) is 1. The molecule has 0 aliphatic carbocycles. The van der Waals surface area contributed by atoms with Crippen molar-refractivity contribution >= 4 is 23.8 Å². The fourth-order valence-electron chi connectivity index (χ4n) is 2.20. The van der Waals surface area contributed by atoms with Crippen LogP contribution in [0.15, 0.2) is 30.3 Å². The smallest absolute Gasteiger partial charge is 0.326 e. The van der Waals surface area contributed by atoms with Crippen LogP contribution in [-0.4, -0.2) is 48.1 Å². The van der Waals surface area contributed by atoms with Gasteiger partial charge >= 0.3 is 11.9 Å². The van der Waals surface area contributed by atoms with Crippen molar-refractivity contribution in [2.75, 3.05) is 7.11 Å². The molecule has 0 saturated heterocycles. The third-order valence-corrected chi connectivity index (χ3v) is 3.46. The Morgan fingerprint density at radius 3 is 2.24 bits per heavy atom. The summed E-state index contributed by atoms with van der Waals surface area (Å²) < 4.78 is 4.46. The van der Waals surface area contributed by atoms with Gasteiger partial charge in [0, 0.05) is 19.8 Å². The highest BCUT2D eigenvalue weighted by atomic mass is 16.5. The molecule has 3 N–H and O–H groups in total. The number of methoxy groups -OCH3 is 1. The van der Waals surface area contributed by atoms with Crippen molar-refractivity contribution < 1.29 is 29.0 Å². The van der Waals surface area contributed by atoms with E-state index in [1.165, 1.54) is 14.0 Å². The minimum Gasteiger partial charge on any atom is -0.480 e. The average Bonchev–Trinajstić information content (AvgIpc) is 2.57.